The second-order valence-corrected chi connectivity index (χ2v) is 7.84. The molecule has 1 amide bonds. The summed E-state index contributed by atoms with van der Waals surface area (Å²) in [7, 11) is -3.57. The molecule has 23 heavy (non-hydrogen) atoms. The van der Waals surface area contributed by atoms with Gasteiger partial charge in [-0.1, -0.05) is 18.2 Å². The van der Waals surface area contributed by atoms with E-state index in [9.17, 15) is 13.2 Å². The molecule has 7 heteroatoms. The Morgan fingerprint density at radius 2 is 1.78 bits per heavy atom. The van der Waals surface area contributed by atoms with Crippen LogP contribution in [0.4, 0.5) is 5.69 Å². The van der Waals surface area contributed by atoms with Crippen molar-refractivity contribution < 1.29 is 13.2 Å². The molecule has 0 bridgehead atoms. The average Bonchev–Trinajstić information content (AvgIpc) is 2.96. The lowest BCUT2D eigenvalue weighted by atomic mass is 10.1. The van der Waals surface area contributed by atoms with Gasteiger partial charge in [0.2, 0.25) is 10.0 Å². The second-order valence-electron chi connectivity index (χ2n) is 5.93. The largest absolute Gasteiger partial charge is 0.271 e. The summed E-state index contributed by atoms with van der Waals surface area (Å²) in [6.07, 6.45) is 5.08. The van der Waals surface area contributed by atoms with Crippen LogP contribution in [0.15, 0.2) is 23.3 Å². The van der Waals surface area contributed by atoms with Gasteiger partial charge >= 0.3 is 0 Å². The Morgan fingerprint density at radius 1 is 1.22 bits per heavy atom. The summed E-state index contributed by atoms with van der Waals surface area (Å²) in [6.45, 7) is 3.38. The third kappa shape index (κ3) is 4.54. The maximum Gasteiger partial charge on any atom is 0.260 e. The van der Waals surface area contributed by atoms with Crippen LogP contribution in [0.5, 0.6) is 0 Å². The molecule has 0 aliphatic heterocycles. The van der Waals surface area contributed by atoms with Gasteiger partial charge in [0.15, 0.2) is 0 Å². The highest BCUT2D eigenvalue weighted by molar-refractivity contribution is 7.92. The number of anilines is 1. The molecular weight excluding hydrogens is 314 g/mol. The van der Waals surface area contributed by atoms with E-state index in [-0.39, 0.29) is 6.54 Å². The zero-order valence-corrected chi connectivity index (χ0v) is 14.6. The number of carbonyl (C=O) groups excluding carboxylic acids is 1. The summed E-state index contributed by atoms with van der Waals surface area (Å²) >= 11 is 0. The van der Waals surface area contributed by atoms with Crippen LogP contribution < -0.4 is 9.73 Å². The van der Waals surface area contributed by atoms with E-state index >= 15 is 0 Å². The Bertz CT molecular complexity index is 698. The van der Waals surface area contributed by atoms with Gasteiger partial charge in [-0.2, -0.15) is 5.10 Å². The molecule has 0 saturated heterocycles. The number of aryl methyl sites for hydroxylation is 2. The highest BCUT2D eigenvalue weighted by Crippen LogP contribution is 2.26. The quantitative estimate of drug-likeness (QED) is 0.836. The molecule has 1 aromatic carbocycles. The molecule has 1 aliphatic rings. The van der Waals surface area contributed by atoms with Crippen LogP contribution >= 0.6 is 0 Å². The van der Waals surface area contributed by atoms with Crippen molar-refractivity contribution in [3.8, 4) is 0 Å². The zero-order chi connectivity index (χ0) is 17.0. The number of nitrogens with zero attached hydrogens (tertiary/aromatic N) is 2. The van der Waals surface area contributed by atoms with Crippen LogP contribution in [0.25, 0.3) is 0 Å². The monoisotopic (exact) mass is 337 g/mol. The summed E-state index contributed by atoms with van der Waals surface area (Å²) in [5, 5.41) is 4.09. The predicted molar refractivity (Wildman–Crippen MR) is 92.2 cm³/mol. The topological polar surface area (TPSA) is 78.8 Å². The maximum atomic E-state index is 12.1. The van der Waals surface area contributed by atoms with Gasteiger partial charge in [0.05, 0.1) is 11.9 Å². The molecule has 0 atom stereocenters. The number of hydrogen-bond donors (Lipinski definition) is 1. The Kier molecular flexibility index (Phi) is 5.41. The SMILES string of the molecule is Cc1cccc(C)c1N(CC(=O)NN=C1CCCC1)S(C)(=O)=O. The van der Waals surface area contributed by atoms with E-state index in [1.165, 1.54) is 0 Å². The molecule has 6 nitrogen and oxygen atoms in total. The number of benzene rings is 1. The Hall–Kier alpha value is -1.89. The standard InChI is InChI=1S/C16H23N3O3S/c1-12-7-6-8-13(2)16(12)19(23(3,21)22)11-15(20)18-17-14-9-4-5-10-14/h6-8H,4-5,9-11H2,1-3H3,(H,18,20). The summed E-state index contributed by atoms with van der Waals surface area (Å²) < 4.78 is 25.4. The van der Waals surface area contributed by atoms with Crippen molar-refractivity contribution in [2.75, 3.05) is 17.1 Å². The number of hydrogen-bond acceptors (Lipinski definition) is 4. The third-order valence-corrected chi connectivity index (χ3v) is 5.01. The minimum absolute atomic E-state index is 0.276. The smallest absolute Gasteiger partial charge is 0.260 e. The summed E-state index contributed by atoms with van der Waals surface area (Å²) in [5.41, 5.74) is 5.62. The van der Waals surface area contributed by atoms with E-state index in [1.807, 2.05) is 32.0 Å². The van der Waals surface area contributed by atoms with E-state index < -0.39 is 15.9 Å². The fraction of sp³-hybridized carbons (Fsp3) is 0.500. The van der Waals surface area contributed by atoms with Crippen molar-refractivity contribution in [1.82, 2.24) is 5.43 Å². The molecule has 0 spiro atoms. The minimum atomic E-state index is -3.57. The molecule has 0 radical (unpaired) electrons. The van der Waals surface area contributed by atoms with Gasteiger partial charge in [-0.3, -0.25) is 9.10 Å². The Labute approximate surface area is 137 Å². The number of hydrazone groups is 1. The predicted octanol–water partition coefficient (Wildman–Crippen LogP) is 2.12. The number of amides is 1. The molecule has 1 N–H and O–H groups in total. The first-order chi connectivity index (χ1) is 10.8. The van der Waals surface area contributed by atoms with Crippen molar-refractivity contribution in [2.45, 2.75) is 39.5 Å². The Balaban J connectivity index is 2.20. The number of sulfonamides is 1. The van der Waals surface area contributed by atoms with Gasteiger partial charge < -0.3 is 0 Å². The van der Waals surface area contributed by atoms with E-state index in [0.29, 0.717) is 5.69 Å². The normalized spacial score (nSPS) is 14.7. The maximum absolute atomic E-state index is 12.1. The fourth-order valence-electron chi connectivity index (χ4n) is 2.76. The molecule has 126 valence electrons. The fourth-order valence-corrected chi connectivity index (χ4v) is 3.73. The first-order valence-electron chi connectivity index (χ1n) is 7.67. The lowest BCUT2D eigenvalue weighted by Gasteiger charge is -2.25. The molecule has 2 rings (SSSR count). The van der Waals surface area contributed by atoms with Crippen LogP contribution in [0.2, 0.25) is 0 Å². The number of para-hydroxylation sites is 1. The summed E-state index contributed by atoms with van der Waals surface area (Å²) in [4.78, 5) is 12.1. The molecule has 1 saturated carbocycles. The lowest BCUT2D eigenvalue weighted by molar-refractivity contribution is -0.119. The van der Waals surface area contributed by atoms with Crippen LogP contribution in [-0.2, 0) is 14.8 Å². The molecule has 1 aromatic rings. The number of rotatable bonds is 5. The van der Waals surface area contributed by atoms with Gasteiger partial charge in [0, 0.05) is 5.71 Å². The van der Waals surface area contributed by atoms with Crippen LogP contribution in [0, 0.1) is 13.8 Å². The van der Waals surface area contributed by atoms with E-state index in [2.05, 4.69) is 10.5 Å². The van der Waals surface area contributed by atoms with E-state index in [0.717, 1.165) is 53.1 Å². The van der Waals surface area contributed by atoms with Crippen LogP contribution in [-0.4, -0.2) is 32.8 Å². The summed E-state index contributed by atoms with van der Waals surface area (Å²) in [6, 6.07) is 5.52. The highest BCUT2D eigenvalue weighted by Gasteiger charge is 2.23. The van der Waals surface area contributed by atoms with Crippen LogP contribution in [0.3, 0.4) is 0 Å². The van der Waals surface area contributed by atoms with Crippen molar-refractivity contribution in [2.24, 2.45) is 5.10 Å². The van der Waals surface area contributed by atoms with E-state index in [4.69, 9.17) is 0 Å². The van der Waals surface area contributed by atoms with Gasteiger partial charge in [-0.25, -0.2) is 13.8 Å². The van der Waals surface area contributed by atoms with Crippen LogP contribution in [0.1, 0.15) is 36.8 Å². The van der Waals surface area contributed by atoms with Gasteiger partial charge in [0.1, 0.15) is 6.54 Å². The minimum Gasteiger partial charge on any atom is -0.271 e. The lowest BCUT2D eigenvalue weighted by Crippen LogP contribution is -2.39. The number of nitrogens with one attached hydrogen (secondary N) is 1. The summed E-state index contributed by atoms with van der Waals surface area (Å²) in [5.74, 6) is -0.433. The van der Waals surface area contributed by atoms with Gasteiger partial charge in [0.25, 0.3) is 5.91 Å². The van der Waals surface area contributed by atoms with Gasteiger partial charge in [-0.05, 0) is 50.7 Å². The van der Waals surface area contributed by atoms with Crippen molar-refractivity contribution in [3.05, 3.63) is 29.3 Å². The molecule has 0 heterocycles. The first-order valence-corrected chi connectivity index (χ1v) is 9.52. The van der Waals surface area contributed by atoms with Crippen molar-refractivity contribution in [1.29, 1.82) is 0 Å². The Morgan fingerprint density at radius 3 is 2.30 bits per heavy atom. The van der Waals surface area contributed by atoms with Gasteiger partial charge in [-0.15, -0.1) is 0 Å². The molecule has 1 aliphatic carbocycles. The molecule has 0 unspecified atom stereocenters. The molecule has 1 fully saturated rings. The highest BCUT2D eigenvalue weighted by atomic mass is 32.2. The second kappa shape index (κ2) is 7.12. The zero-order valence-electron chi connectivity index (χ0n) is 13.8. The third-order valence-electron chi connectivity index (χ3n) is 3.90. The van der Waals surface area contributed by atoms with Crippen molar-refractivity contribution >= 4 is 27.3 Å². The average molecular weight is 337 g/mol. The van der Waals surface area contributed by atoms with Crippen molar-refractivity contribution in [3.63, 3.8) is 0 Å². The molecule has 0 aromatic heterocycles. The molecular formula is C16H23N3O3S. The first kappa shape index (κ1) is 17.5. The number of carbonyl (C=O) groups is 1. The van der Waals surface area contributed by atoms with E-state index in [1.54, 1.807) is 0 Å².